The second-order valence-corrected chi connectivity index (χ2v) is 9.95. The average Bonchev–Trinajstić information content (AvgIpc) is 3.47. The van der Waals surface area contributed by atoms with E-state index in [0.29, 0.717) is 75.0 Å². The molecule has 1 aromatic heterocycles. The van der Waals surface area contributed by atoms with Gasteiger partial charge in [-0.1, -0.05) is 6.07 Å². The third kappa shape index (κ3) is 4.72. The summed E-state index contributed by atoms with van der Waals surface area (Å²) in [6, 6.07) is 13.2. The van der Waals surface area contributed by atoms with Crippen LogP contribution in [0.1, 0.15) is 34.8 Å². The van der Waals surface area contributed by atoms with Gasteiger partial charge in [-0.3, -0.25) is 9.59 Å². The van der Waals surface area contributed by atoms with Crippen molar-refractivity contribution >= 4 is 28.4 Å². The number of benzene rings is 2. The van der Waals surface area contributed by atoms with E-state index in [2.05, 4.69) is 15.9 Å². The summed E-state index contributed by atoms with van der Waals surface area (Å²) in [6.45, 7) is 5.47. The molecule has 0 N–H and O–H groups in total. The summed E-state index contributed by atoms with van der Waals surface area (Å²) < 4.78 is 22.9. The molecule has 200 valence electrons. The molecular weight excluding hydrogens is 486 g/mol. The van der Waals surface area contributed by atoms with Gasteiger partial charge in [0.1, 0.15) is 11.3 Å². The first-order valence-corrected chi connectivity index (χ1v) is 13.3. The Hall–Kier alpha value is -3.56. The summed E-state index contributed by atoms with van der Waals surface area (Å²) in [5.74, 6) is 1.25. The quantitative estimate of drug-likeness (QED) is 0.507. The maximum Gasteiger partial charge on any atom is 0.254 e. The Bertz CT molecular complexity index is 1380. The number of fused-ring (bicyclic) bond motifs is 1. The number of rotatable bonds is 5. The average molecular weight is 520 g/mol. The smallest absolute Gasteiger partial charge is 0.254 e. The van der Waals surface area contributed by atoms with Crippen LogP contribution in [0.25, 0.3) is 11.0 Å². The van der Waals surface area contributed by atoms with E-state index in [1.165, 1.54) is 0 Å². The Morgan fingerprint density at radius 3 is 2.47 bits per heavy atom. The number of amides is 1. The van der Waals surface area contributed by atoms with Gasteiger partial charge in [-0.25, -0.2) is 0 Å². The molecule has 0 saturated carbocycles. The zero-order valence-corrected chi connectivity index (χ0v) is 21.7. The van der Waals surface area contributed by atoms with E-state index in [9.17, 15) is 9.59 Å². The highest BCUT2D eigenvalue weighted by Gasteiger charge is 2.31. The molecule has 38 heavy (non-hydrogen) atoms. The third-order valence-corrected chi connectivity index (χ3v) is 7.71. The first kappa shape index (κ1) is 24.8. The number of anilines is 2. The molecule has 6 rings (SSSR count). The lowest BCUT2D eigenvalue weighted by molar-refractivity contribution is 0.0303. The highest BCUT2D eigenvalue weighted by molar-refractivity contribution is 5.99. The molecule has 0 bridgehead atoms. The summed E-state index contributed by atoms with van der Waals surface area (Å²) in [5, 5.41) is 0.439. The van der Waals surface area contributed by atoms with Crippen molar-refractivity contribution in [1.82, 2.24) is 4.90 Å². The van der Waals surface area contributed by atoms with Gasteiger partial charge in [0.2, 0.25) is 0 Å². The number of ether oxygens (including phenoxy) is 3. The minimum absolute atomic E-state index is 0.0508. The summed E-state index contributed by atoms with van der Waals surface area (Å²) >= 11 is 0. The van der Waals surface area contributed by atoms with Crippen molar-refractivity contribution in [1.29, 1.82) is 0 Å². The maximum atomic E-state index is 13.6. The summed E-state index contributed by atoms with van der Waals surface area (Å²) in [5.41, 5.74) is 2.83. The molecule has 3 saturated heterocycles. The number of methoxy groups -OCH3 is 1. The fraction of sp³-hybridized carbons (Fsp3) is 0.448. The molecule has 4 heterocycles. The molecule has 3 aliphatic heterocycles. The molecule has 0 radical (unpaired) electrons. The topological polar surface area (TPSA) is 84.7 Å². The molecule has 0 aliphatic carbocycles. The van der Waals surface area contributed by atoms with Gasteiger partial charge < -0.3 is 33.3 Å². The molecule has 2 aromatic carbocycles. The van der Waals surface area contributed by atoms with E-state index in [0.717, 1.165) is 36.4 Å². The lowest BCUT2D eigenvalue weighted by atomic mass is 9.97. The number of carbonyl (C=O) groups excluding carboxylic acids is 1. The number of hydrogen-bond donors (Lipinski definition) is 0. The van der Waals surface area contributed by atoms with Gasteiger partial charge in [0, 0.05) is 61.7 Å². The Kier molecular flexibility index (Phi) is 6.95. The van der Waals surface area contributed by atoms with E-state index in [1.807, 2.05) is 24.3 Å². The predicted octanol–water partition coefficient (Wildman–Crippen LogP) is 3.45. The van der Waals surface area contributed by atoms with Crippen molar-refractivity contribution in [3.8, 4) is 5.75 Å². The third-order valence-electron chi connectivity index (χ3n) is 7.71. The van der Waals surface area contributed by atoms with Gasteiger partial charge in [-0.15, -0.1) is 0 Å². The first-order valence-electron chi connectivity index (χ1n) is 13.3. The van der Waals surface area contributed by atoms with Crippen molar-refractivity contribution in [3.63, 3.8) is 0 Å². The van der Waals surface area contributed by atoms with Crippen LogP contribution in [0.2, 0.25) is 0 Å². The summed E-state index contributed by atoms with van der Waals surface area (Å²) in [4.78, 5) is 33.2. The van der Waals surface area contributed by atoms with Crippen LogP contribution in [0.3, 0.4) is 0 Å². The van der Waals surface area contributed by atoms with Gasteiger partial charge in [0.15, 0.2) is 11.3 Å². The van der Waals surface area contributed by atoms with E-state index < -0.39 is 0 Å². The highest BCUT2D eigenvalue weighted by Crippen LogP contribution is 2.41. The Morgan fingerprint density at radius 1 is 0.947 bits per heavy atom. The molecule has 0 spiro atoms. The first-order chi connectivity index (χ1) is 18.6. The van der Waals surface area contributed by atoms with Gasteiger partial charge in [-0.05, 0) is 37.1 Å². The minimum atomic E-state index is -0.142. The van der Waals surface area contributed by atoms with Crippen LogP contribution in [0.15, 0.2) is 51.7 Å². The van der Waals surface area contributed by atoms with E-state index in [-0.39, 0.29) is 17.4 Å². The zero-order chi connectivity index (χ0) is 26.1. The number of morpholine rings is 2. The van der Waals surface area contributed by atoms with Crippen LogP contribution in [-0.4, -0.2) is 77.1 Å². The zero-order valence-electron chi connectivity index (χ0n) is 21.7. The van der Waals surface area contributed by atoms with Crippen LogP contribution in [0.4, 0.5) is 11.6 Å². The van der Waals surface area contributed by atoms with Crippen molar-refractivity contribution in [2.45, 2.75) is 18.9 Å². The fourth-order valence-corrected chi connectivity index (χ4v) is 5.72. The standard InChI is InChI=1S/C29H33N3O6/c1-35-22-5-2-4-21(18-22)32-7-3-6-25(32)23-16-20(29(34)31-10-14-37-15-11-31)17-24-26(33)19-27(38-28(23)24)30-8-12-36-13-9-30/h2,4-5,16-19,25H,3,6-15H2,1H3/t25-/m1/s1. The van der Waals surface area contributed by atoms with Crippen LogP contribution in [-0.2, 0) is 9.47 Å². The number of carbonyl (C=O) groups is 1. The molecular formula is C29H33N3O6. The molecule has 1 amide bonds. The molecule has 3 fully saturated rings. The van der Waals surface area contributed by atoms with Gasteiger partial charge in [0.25, 0.3) is 5.91 Å². The van der Waals surface area contributed by atoms with E-state index in [1.54, 1.807) is 24.1 Å². The molecule has 3 aliphatic rings. The summed E-state index contributed by atoms with van der Waals surface area (Å²) in [6.07, 6.45) is 1.87. The van der Waals surface area contributed by atoms with Gasteiger partial charge in [-0.2, -0.15) is 0 Å². The van der Waals surface area contributed by atoms with Crippen molar-refractivity contribution in [2.75, 3.05) is 76.1 Å². The molecule has 3 aromatic rings. The van der Waals surface area contributed by atoms with Gasteiger partial charge >= 0.3 is 0 Å². The van der Waals surface area contributed by atoms with Crippen LogP contribution in [0, 0.1) is 0 Å². The second kappa shape index (κ2) is 10.7. The second-order valence-electron chi connectivity index (χ2n) is 9.95. The lowest BCUT2D eigenvalue weighted by Crippen LogP contribution is -2.40. The van der Waals surface area contributed by atoms with Crippen molar-refractivity contribution < 1.29 is 23.4 Å². The van der Waals surface area contributed by atoms with Crippen molar-refractivity contribution in [2.24, 2.45) is 0 Å². The largest absolute Gasteiger partial charge is 0.497 e. The highest BCUT2D eigenvalue weighted by atomic mass is 16.5. The van der Waals surface area contributed by atoms with Gasteiger partial charge in [0.05, 0.1) is 45.0 Å². The Morgan fingerprint density at radius 2 is 1.71 bits per heavy atom. The van der Waals surface area contributed by atoms with Crippen LogP contribution >= 0.6 is 0 Å². The predicted molar refractivity (Wildman–Crippen MR) is 145 cm³/mol. The lowest BCUT2D eigenvalue weighted by Gasteiger charge is -2.30. The normalized spacial score (nSPS) is 20.2. The Balaban J connectivity index is 1.48. The molecule has 9 heteroatoms. The van der Waals surface area contributed by atoms with Crippen LogP contribution in [0.5, 0.6) is 5.75 Å². The summed E-state index contributed by atoms with van der Waals surface area (Å²) in [7, 11) is 1.66. The SMILES string of the molecule is COc1cccc(N2CCC[C@@H]2c2cc(C(=O)N3CCOCC3)cc3c(=O)cc(N4CCOCC4)oc23)c1. The van der Waals surface area contributed by atoms with Crippen LogP contribution < -0.4 is 20.0 Å². The van der Waals surface area contributed by atoms with E-state index >= 15 is 0 Å². The van der Waals surface area contributed by atoms with Crippen molar-refractivity contribution in [3.05, 3.63) is 63.8 Å². The molecule has 1 atom stereocenters. The van der Waals surface area contributed by atoms with E-state index in [4.69, 9.17) is 18.6 Å². The maximum absolute atomic E-state index is 13.6. The minimum Gasteiger partial charge on any atom is -0.497 e. The Labute approximate surface area is 221 Å². The fourth-order valence-electron chi connectivity index (χ4n) is 5.72. The number of hydrogen-bond acceptors (Lipinski definition) is 8. The number of nitrogens with zero attached hydrogens (tertiary/aromatic N) is 3. The molecule has 9 nitrogen and oxygen atoms in total. The molecule has 0 unspecified atom stereocenters. The monoisotopic (exact) mass is 519 g/mol.